The maximum absolute atomic E-state index is 9.71. The van der Waals surface area contributed by atoms with Crippen LogP contribution in [0.1, 0.15) is 32.6 Å². The van der Waals surface area contributed by atoms with Crippen molar-refractivity contribution in [3.05, 3.63) is 23.2 Å². The number of para-hydroxylation sites is 1. The van der Waals surface area contributed by atoms with Gasteiger partial charge in [0.15, 0.2) is 0 Å². The average Bonchev–Trinajstić information content (AvgIpc) is 2.38. The normalized spacial score (nSPS) is 28.1. The summed E-state index contributed by atoms with van der Waals surface area (Å²) < 4.78 is 0. The zero-order chi connectivity index (χ0) is 13.2. The molecule has 1 aliphatic rings. The van der Waals surface area contributed by atoms with Gasteiger partial charge >= 0.3 is 0 Å². The van der Waals surface area contributed by atoms with Crippen molar-refractivity contribution in [1.29, 1.82) is 0 Å². The first-order valence-electron chi connectivity index (χ1n) is 6.49. The van der Waals surface area contributed by atoms with Gasteiger partial charge in [-0.2, -0.15) is 0 Å². The number of nitrogen functional groups attached to an aromatic ring is 1. The molecule has 0 unspecified atom stereocenters. The Kier molecular flexibility index (Phi) is 4.03. The van der Waals surface area contributed by atoms with Gasteiger partial charge in [-0.1, -0.05) is 24.6 Å². The topological polar surface area (TPSA) is 58.3 Å². The summed E-state index contributed by atoms with van der Waals surface area (Å²) >= 11 is 6.02. The summed E-state index contributed by atoms with van der Waals surface area (Å²) in [5.41, 5.74) is 7.11. The van der Waals surface area contributed by atoms with Gasteiger partial charge in [0, 0.05) is 0 Å². The number of aliphatic hydroxyl groups excluding tert-OH is 1. The molecule has 4 heteroatoms. The quantitative estimate of drug-likeness (QED) is 0.738. The van der Waals surface area contributed by atoms with E-state index in [4.69, 9.17) is 17.3 Å². The van der Waals surface area contributed by atoms with Crippen molar-refractivity contribution in [2.45, 2.75) is 38.1 Å². The van der Waals surface area contributed by atoms with Crippen LogP contribution in [-0.2, 0) is 0 Å². The molecule has 1 aromatic rings. The minimum Gasteiger partial charge on any atom is -0.396 e. The molecule has 0 saturated heterocycles. The van der Waals surface area contributed by atoms with Gasteiger partial charge in [0.25, 0.3) is 0 Å². The third kappa shape index (κ3) is 2.73. The summed E-state index contributed by atoms with van der Waals surface area (Å²) in [5, 5.41) is 13.7. The van der Waals surface area contributed by atoms with E-state index < -0.39 is 0 Å². The molecule has 1 fully saturated rings. The largest absolute Gasteiger partial charge is 0.396 e. The van der Waals surface area contributed by atoms with Crippen LogP contribution in [0.5, 0.6) is 0 Å². The summed E-state index contributed by atoms with van der Waals surface area (Å²) in [6.07, 6.45) is 4.20. The van der Waals surface area contributed by atoms with Crippen LogP contribution in [0, 0.1) is 5.92 Å². The van der Waals surface area contributed by atoms with Gasteiger partial charge in [-0.3, -0.25) is 0 Å². The Bertz CT molecular complexity index is 414. The Morgan fingerprint density at radius 1 is 1.44 bits per heavy atom. The monoisotopic (exact) mass is 268 g/mol. The lowest BCUT2D eigenvalue weighted by Crippen LogP contribution is -2.45. The van der Waals surface area contributed by atoms with E-state index in [-0.39, 0.29) is 12.1 Å². The van der Waals surface area contributed by atoms with E-state index in [1.807, 2.05) is 12.1 Å². The molecular weight excluding hydrogens is 248 g/mol. The van der Waals surface area contributed by atoms with Gasteiger partial charge in [-0.05, 0) is 43.7 Å². The van der Waals surface area contributed by atoms with Crippen LogP contribution in [0.3, 0.4) is 0 Å². The van der Waals surface area contributed by atoms with Crippen LogP contribution in [0.25, 0.3) is 0 Å². The SMILES string of the molecule is CC1CCC(CO)(Nc2cccc(Cl)c2N)CC1. The molecular formula is C14H21ClN2O. The number of rotatable bonds is 3. The van der Waals surface area contributed by atoms with Gasteiger partial charge in [0.1, 0.15) is 0 Å². The highest BCUT2D eigenvalue weighted by Gasteiger charge is 2.33. The zero-order valence-corrected chi connectivity index (χ0v) is 11.5. The Morgan fingerprint density at radius 2 is 2.11 bits per heavy atom. The summed E-state index contributed by atoms with van der Waals surface area (Å²) in [6, 6.07) is 5.56. The third-order valence-electron chi connectivity index (χ3n) is 3.99. The standard InChI is InChI=1S/C14H21ClN2O/c1-10-5-7-14(9-18,8-6-10)17-12-4-2-3-11(15)13(12)16/h2-4,10,17-18H,5-9,16H2,1H3. The predicted molar refractivity (Wildman–Crippen MR) is 76.9 cm³/mol. The van der Waals surface area contributed by atoms with Gasteiger partial charge in [-0.25, -0.2) is 0 Å². The smallest absolute Gasteiger partial charge is 0.0739 e. The van der Waals surface area contributed by atoms with E-state index in [1.54, 1.807) is 6.07 Å². The number of hydrogen-bond donors (Lipinski definition) is 3. The number of anilines is 2. The minimum atomic E-state index is -0.245. The molecule has 0 radical (unpaired) electrons. The second-order valence-corrected chi connectivity index (χ2v) is 5.85. The van der Waals surface area contributed by atoms with E-state index in [0.29, 0.717) is 10.7 Å². The third-order valence-corrected chi connectivity index (χ3v) is 4.32. The highest BCUT2D eigenvalue weighted by Crippen LogP contribution is 2.37. The molecule has 0 spiro atoms. The summed E-state index contributed by atoms with van der Waals surface area (Å²) in [4.78, 5) is 0. The lowest BCUT2D eigenvalue weighted by molar-refractivity contribution is 0.155. The van der Waals surface area contributed by atoms with E-state index in [2.05, 4.69) is 12.2 Å². The molecule has 3 nitrogen and oxygen atoms in total. The van der Waals surface area contributed by atoms with Crippen molar-refractivity contribution >= 4 is 23.0 Å². The number of nitrogens with one attached hydrogen (secondary N) is 1. The van der Waals surface area contributed by atoms with E-state index in [9.17, 15) is 5.11 Å². The van der Waals surface area contributed by atoms with Crippen LogP contribution in [-0.4, -0.2) is 17.3 Å². The Balaban J connectivity index is 2.17. The maximum atomic E-state index is 9.71. The Morgan fingerprint density at radius 3 is 2.72 bits per heavy atom. The Hall–Kier alpha value is -0.930. The fourth-order valence-corrected chi connectivity index (χ4v) is 2.74. The molecule has 2 rings (SSSR count). The van der Waals surface area contributed by atoms with Crippen molar-refractivity contribution < 1.29 is 5.11 Å². The maximum Gasteiger partial charge on any atom is 0.0739 e. The zero-order valence-electron chi connectivity index (χ0n) is 10.7. The number of benzene rings is 1. The molecule has 1 aliphatic carbocycles. The minimum absolute atomic E-state index is 0.131. The first-order chi connectivity index (χ1) is 8.56. The van der Waals surface area contributed by atoms with Crippen LogP contribution in [0.2, 0.25) is 5.02 Å². The van der Waals surface area contributed by atoms with Crippen LogP contribution >= 0.6 is 11.6 Å². The molecule has 0 bridgehead atoms. The van der Waals surface area contributed by atoms with Gasteiger partial charge in [0.05, 0.1) is 28.5 Å². The van der Waals surface area contributed by atoms with E-state index in [0.717, 1.165) is 37.3 Å². The molecule has 0 atom stereocenters. The van der Waals surface area contributed by atoms with Gasteiger partial charge < -0.3 is 16.2 Å². The number of hydrogen-bond acceptors (Lipinski definition) is 3. The first kappa shape index (κ1) is 13.5. The van der Waals surface area contributed by atoms with Crippen LogP contribution in [0.15, 0.2) is 18.2 Å². The number of nitrogens with two attached hydrogens (primary N) is 1. The molecule has 1 aromatic carbocycles. The molecule has 100 valence electrons. The Labute approximate surface area is 113 Å². The molecule has 0 heterocycles. The molecule has 4 N–H and O–H groups in total. The van der Waals surface area contributed by atoms with Crippen molar-refractivity contribution in [2.24, 2.45) is 5.92 Å². The summed E-state index contributed by atoms with van der Waals surface area (Å²) in [5.74, 6) is 0.739. The second kappa shape index (κ2) is 5.37. The fourth-order valence-electron chi connectivity index (χ4n) is 2.57. The van der Waals surface area contributed by atoms with Crippen molar-refractivity contribution in [1.82, 2.24) is 0 Å². The van der Waals surface area contributed by atoms with Gasteiger partial charge in [-0.15, -0.1) is 0 Å². The highest BCUT2D eigenvalue weighted by atomic mass is 35.5. The fraction of sp³-hybridized carbons (Fsp3) is 0.571. The van der Waals surface area contributed by atoms with Crippen LogP contribution < -0.4 is 11.1 Å². The van der Waals surface area contributed by atoms with Crippen molar-refractivity contribution in [2.75, 3.05) is 17.7 Å². The van der Waals surface area contributed by atoms with E-state index >= 15 is 0 Å². The van der Waals surface area contributed by atoms with Gasteiger partial charge in [0.2, 0.25) is 0 Å². The predicted octanol–water partition coefficient (Wildman–Crippen LogP) is 3.28. The second-order valence-electron chi connectivity index (χ2n) is 5.45. The highest BCUT2D eigenvalue weighted by molar-refractivity contribution is 6.33. The lowest BCUT2D eigenvalue weighted by Gasteiger charge is -2.40. The number of halogens is 1. The van der Waals surface area contributed by atoms with Crippen molar-refractivity contribution in [3.63, 3.8) is 0 Å². The average molecular weight is 269 g/mol. The van der Waals surface area contributed by atoms with E-state index in [1.165, 1.54) is 0 Å². The summed E-state index contributed by atoms with van der Waals surface area (Å²) in [7, 11) is 0. The molecule has 0 amide bonds. The van der Waals surface area contributed by atoms with Crippen molar-refractivity contribution in [3.8, 4) is 0 Å². The molecule has 18 heavy (non-hydrogen) atoms. The summed E-state index contributed by atoms with van der Waals surface area (Å²) in [6.45, 7) is 2.39. The lowest BCUT2D eigenvalue weighted by atomic mass is 9.77. The van der Waals surface area contributed by atoms with Crippen LogP contribution in [0.4, 0.5) is 11.4 Å². The molecule has 0 aliphatic heterocycles. The molecule has 0 aromatic heterocycles. The molecule has 1 saturated carbocycles. The number of aliphatic hydroxyl groups is 1. The first-order valence-corrected chi connectivity index (χ1v) is 6.87.